The Bertz CT molecular complexity index is 801. The topological polar surface area (TPSA) is 61.6 Å². The number of nitrogens with two attached hydrogens (primary N) is 1. The highest BCUT2D eigenvalue weighted by molar-refractivity contribution is 6.30. The Morgan fingerprint density at radius 2 is 2.00 bits per heavy atom. The summed E-state index contributed by atoms with van der Waals surface area (Å²) < 4.78 is 13.5. The van der Waals surface area contributed by atoms with Gasteiger partial charge in [0.25, 0.3) is 0 Å². The zero-order valence-electron chi connectivity index (χ0n) is 19.2. The molecule has 0 atom stereocenters. The molecule has 32 heavy (non-hydrogen) atoms. The third-order valence-electron chi connectivity index (χ3n) is 4.98. The Kier molecular flexibility index (Phi) is 13.1. The van der Waals surface area contributed by atoms with Gasteiger partial charge in [0.1, 0.15) is 11.6 Å². The number of allylic oxidation sites excluding steroid dienone is 3. The maximum absolute atomic E-state index is 13.5. The highest BCUT2D eigenvalue weighted by Crippen LogP contribution is 2.21. The van der Waals surface area contributed by atoms with E-state index in [0.29, 0.717) is 5.69 Å². The van der Waals surface area contributed by atoms with Gasteiger partial charge in [-0.2, -0.15) is 0 Å². The molecule has 0 spiro atoms. The number of likely N-dealkylation sites (tertiary alicyclic amines) is 1. The molecule has 176 valence electrons. The normalized spacial score (nSPS) is 15.4. The number of halogens is 2. The Labute approximate surface area is 197 Å². The Balaban J connectivity index is 0.00000161. The van der Waals surface area contributed by atoms with Crippen LogP contribution >= 0.6 is 11.6 Å². The van der Waals surface area contributed by atoms with Crippen molar-refractivity contribution in [1.82, 2.24) is 9.80 Å². The predicted molar refractivity (Wildman–Crippen MR) is 134 cm³/mol. The second-order valence-electron chi connectivity index (χ2n) is 7.57. The fourth-order valence-corrected chi connectivity index (χ4v) is 3.41. The van der Waals surface area contributed by atoms with E-state index in [2.05, 4.69) is 37.2 Å². The van der Waals surface area contributed by atoms with Crippen molar-refractivity contribution < 1.29 is 9.18 Å². The van der Waals surface area contributed by atoms with Crippen LogP contribution in [0.25, 0.3) is 0 Å². The second-order valence-corrected chi connectivity index (χ2v) is 7.97. The number of hydrogen-bond acceptors (Lipinski definition) is 4. The fourth-order valence-electron chi connectivity index (χ4n) is 3.29. The highest BCUT2D eigenvalue weighted by Gasteiger charge is 2.25. The third-order valence-corrected chi connectivity index (χ3v) is 5.29. The molecule has 1 heterocycles. The molecule has 1 aliphatic heterocycles. The Morgan fingerprint density at radius 1 is 1.34 bits per heavy atom. The number of nitrogens with one attached hydrogen (secondary N) is 1. The van der Waals surface area contributed by atoms with Gasteiger partial charge in [-0.05, 0) is 43.0 Å². The van der Waals surface area contributed by atoms with Gasteiger partial charge in [0.05, 0.1) is 5.02 Å². The Morgan fingerprint density at radius 3 is 2.53 bits per heavy atom. The van der Waals surface area contributed by atoms with E-state index in [0.717, 1.165) is 50.9 Å². The van der Waals surface area contributed by atoms with E-state index >= 15 is 0 Å². The summed E-state index contributed by atoms with van der Waals surface area (Å²) in [5, 5.41) is 2.96. The van der Waals surface area contributed by atoms with Gasteiger partial charge in [0.2, 0.25) is 6.41 Å². The van der Waals surface area contributed by atoms with E-state index < -0.39 is 5.82 Å². The molecule has 0 unspecified atom stereocenters. The molecule has 0 saturated carbocycles. The number of carbonyl (C=O) groups is 1. The first-order valence-electron chi connectivity index (χ1n) is 11.0. The van der Waals surface area contributed by atoms with Crippen LogP contribution in [-0.2, 0) is 4.79 Å². The summed E-state index contributed by atoms with van der Waals surface area (Å²) in [4.78, 5) is 15.5. The molecule has 3 N–H and O–H groups in total. The molecule has 0 bridgehead atoms. The molecule has 7 heteroatoms. The monoisotopic (exact) mass is 462 g/mol. The molecule has 1 aromatic rings. The summed E-state index contributed by atoms with van der Waals surface area (Å²) in [5.74, 6) is -0.234. The molecule has 1 fully saturated rings. The number of rotatable bonds is 10. The van der Waals surface area contributed by atoms with Gasteiger partial charge in [0, 0.05) is 37.6 Å². The van der Waals surface area contributed by atoms with Crippen molar-refractivity contribution >= 4 is 23.7 Å². The van der Waals surface area contributed by atoms with Crippen molar-refractivity contribution in [3.63, 3.8) is 0 Å². The second kappa shape index (κ2) is 15.3. The SMILES string of the molecule is C=C/C=C(\C=C)CCN1CCC(N(C=O)/C(N)=C/Nc2ccc(Cl)c(F)c2)CC1.CCC. The minimum absolute atomic E-state index is 0.0337. The number of nitrogens with zero attached hydrogens (tertiary/aromatic N) is 2. The van der Waals surface area contributed by atoms with Crippen LogP contribution in [0.15, 0.2) is 67.2 Å². The van der Waals surface area contributed by atoms with Crippen molar-refractivity contribution in [3.8, 4) is 0 Å². The first-order chi connectivity index (χ1) is 15.4. The zero-order chi connectivity index (χ0) is 23.9. The average Bonchev–Trinajstić information content (AvgIpc) is 2.79. The summed E-state index contributed by atoms with van der Waals surface area (Å²) in [7, 11) is 0. The quantitative estimate of drug-likeness (QED) is 0.347. The lowest BCUT2D eigenvalue weighted by Crippen LogP contribution is -2.45. The fraction of sp³-hybridized carbons (Fsp3) is 0.400. The maximum atomic E-state index is 13.5. The zero-order valence-corrected chi connectivity index (χ0v) is 20.0. The number of benzene rings is 1. The van der Waals surface area contributed by atoms with Crippen LogP contribution in [0.2, 0.25) is 5.02 Å². The lowest BCUT2D eigenvalue weighted by atomic mass is 10.0. The summed E-state index contributed by atoms with van der Waals surface area (Å²) in [5.41, 5.74) is 7.75. The van der Waals surface area contributed by atoms with Crippen LogP contribution in [0.4, 0.5) is 10.1 Å². The summed E-state index contributed by atoms with van der Waals surface area (Å²) in [6.07, 6.45) is 11.7. The molecule has 1 aliphatic rings. The van der Waals surface area contributed by atoms with Gasteiger partial charge < -0.3 is 16.0 Å². The van der Waals surface area contributed by atoms with Crippen molar-refractivity contribution in [2.75, 3.05) is 25.0 Å². The average molecular weight is 463 g/mol. The molecule has 2 rings (SSSR count). The first-order valence-corrected chi connectivity index (χ1v) is 11.3. The van der Waals surface area contributed by atoms with Crippen LogP contribution in [0.3, 0.4) is 0 Å². The summed E-state index contributed by atoms with van der Waals surface area (Å²) >= 11 is 5.68. The number of carbonyl (C=O) groups excluding carboxylic acids is 1. The summed E-state index contributed by atoms with van der Waals surface area (Å²) in [6, 6.07) is 4.40. The van der Waals surface area contributed by atoms with Crippen LogP contribution in [0, 0.1) is 5.82 Å². The molecule has 0 aromatic heterocycles. The van der Waals surface area contributed by atoms with Gasteiger partial charge in [-0.1, -0.05) is 63.3 Å². The first kappa shape index (κ1) is 27.5. The highest BCUT2D eigenvalue weighted by atomic mass is 35.5. The minimum Gasteiger partial charge on any atom is -0.384 e. The third kappa shape index (κ3) is 9.28. The molecule has 5 nitrogen and oxygen atoms in total. The molecular formula is C25H36ClFN4O. The van der Waals surface area contributed by atoms with Gasteiger partial charge in [-0.25, -0.2) is 4.39 Å². The van der Waals surface area contributed by atoms with Crippen molar-refractivity contribution in [3.05, 3.63) is 78.0 Å². The smallest absolute Gasteiger partial charge is 0.215 e. The number of piperidine rings is 1. The number of amides is 1. The largest absolute Gasteiger partial charge is 0.384 e. The molecule has 1 aromatic carbocycles. The predicted octanol–water partition coefficient (Wildman–Crippen LogP) is 5.68. The van der Waals surface area contributed by atoms with E-state index in [4.69, 9.17) is 17.3 Å². The number of anilines is 1. The Hall–Kier alpha value is -2.57. The van der Waals surface area contributed by atoms with Crippen molar-refractivity contribution in [1.29, 1.82) is 0 Å². The van der Waals surface area contributed by atoms with Gasteiger partial charge in [0.15, 0.2) is 0 Å². The van der Waals surface area contributed by atoms with Crippen LogP contribution in [0.5, 0.6) is 0 Å². The molecular weight excluding hydrogens is 427 g/mol. The van der Waals surface area contributed by atoms with Crippen molar-refractivity contribution in [2.24, 2.45) is 5.73 Å². The minimum atomic E-state index is -0.522. The molecule has 0 aliphatic carbocycles. The lowest BCUT2D eigenvalue weighted by Gasteiger charge is -2.36. The maximum Gasteiger partial charge on any atom is 0.215 e. The van der Waals surface area contributed by atoms with E-state index in [1.54, 1.807) is 12.1 Å². The number of hydrogen-bond donors (Lipinski definition) is 2. The van der Waals surface area contributed by atoms with Gasteiger partial charge in [-0.3, -0.25) is 9.69 Å². The van der Waals surface area contributed by atoms with E-state index in [9.17, 15) is 9.18 Å². The van der Waals surface area contributed by atoms with Gasteiger partial charge in [-0.15, -0.1) is 0 Å². The van der Waals surface area contributed by atoms with E-state index in [-0.39, 0.29) is 16.9 Å². The van der Waals surface area contributed by atoms with Crippen LogP contribution in [-0.4, -0.2) is 41.9 Å². The van der Waals surface area contributed by atoms with Crippen LogP contribution < -0.4 is 11.1 Å². The van der Waals surface area contributed by atoms with E-state index in [1.807, 2.05) is 12.2 Å². The molecule has 1 amide bonds. The molecule has 1 saturated heterocycles. The van der Waals surface area contributed by atoms with Crippen LogP contribution in [0.1, 0.15) is 39.5 Å². The van der Waals surface area contributed by atoms with E-state index in [1.165, 1.54) is 29.7 Å². The summed E-state index contributed by atoms with van der Waals surface area (Å²) in [6.45, 7) is 14.5. The molecule has 0 radical (unpaired) electrons. The standard InChI is InChI=1S/C22H28ClFN4O.C3H8/c1-3-5-17(4-2)8-11-27-12-9-19(10-13-27)28(16-29)22(25)15-26-18-6-7-20(23)21(24)14-18;1-3-2/h3-7,14-16,19,26H,1-2,8-13,25H2;3H2,1-2H3/b17-5+,22-15+;. The van der Waals surface area contributed by atoms with Crippen molar-refractivity contribution in [2.45, 2.75) is 45.6 Å². The van der Waals surface area contributed by atoms with Gasteiger partial charge >= 0.3 is 0 Å². The lowest BCUT2D eigenvalue weighted by molar-refractivity contribution is -0.119.